The van der Waals surface area contributed by atoms with E-state index in [1.807, 2.05) is 66.9 Å². The number of nitro benzene ring substituents is 1. The van der Waals surface area contributed by atoms with Crippen LogP contribution in [0.15, 0.2) is 94.2 Å². The van der Waals surface area contributed by atoms with Crippen molar-refractivity contribution in [2.24, 2.45) is 4.99 Å². The first-order valence-corrected chi connectivity index (χ1v) is 10.7. The summed E-state index contributed by atoms with van der Waals surface area (Å²) in [7, 11) is -2.62. The van der Waals surface area contributed by atoms with E-state index >= 15 is 0 Å². The van der Waals surface area contributed by atoms with Crippen molar-refractivity contribution in [3.05, 3.63) is 111 Å². The molecule has 5 nitrogen and oxygen atoms in total. The summed E-state index contributed by atoms with van der Waals surface area (Å²) >= 11 is 0. The second kappa shape index (κ2) is 6.98. The largest absolute Gasteiger partial charge is 0.288 e. The van der Waals surface area contributed by atoms with E-state index in [4.69, 9.17) is 4.99 Å². The summed E-state index contributed by atoms with van der Waals surface area (Å²) in [5.74, 6) is 0. The molecule has 1 aliphatic heterocycles. The summed E-state index contributed by atoms with van der Waals surface area (Å²) in [6.45, 7) is 2.02. The number of aliphatic imine (C=N–C) groups is 1. The van der Waals surface area contributed by atoms with Gasteiger partial charge in [-0.2, -0.15) is 0 Å². The fourth-order valence-electron chi connectivity index (χ4n) is 3.19. The molecule has 0 amide bonds. The Balaban J connectivity index is 1.87. The van der Waals surface area contributed by atoms with Crippen LogP contribution in [0.2, 0.25) is 0 Å². The quantitative estimate of drug-likeness (QED) is 0.357. The molecular weight excluding hydrogens is 370 g/mol. The van der Waals surface area contributed by atoms with Crippen molar-refractivity contribution in [2.75, 3.05) is 0 Å². The lowest BCUT2D eigenvalue weighted by Gasteiger charge is -2.23. The summed E-state index contributed by atoms with van der Waals surface area (Å²) < 4.78 is 9.37. The average Bonchev–Trinajstić information content (AvgIpc) is 3.08. The maximum atomic E-state index is 11.0. The second-order valence-electron chi connectivity index (χ2n) is 6.68. The molecule has 0 fully saturated rings. The van der Waals surface area contributed by atoms with Crippen LogP contribution in [-0.2, 0) is 9.82 Å². The minimum Gasteiger partial charge on any atom is -0.288 e. The van der Waals surface area contributed by atoms with Gasteiger partial charge in [0.1, 0.15) is 5.04 Å². The predicted octanol–water partition coefficient (Wildman–Crippen LogP) is 5.37. The number of hydrogen-bond donors (Lipinski definition) is 2. The van der Waals surface area contributed by atoms with Crippen LogP contribution < -0.4 is 0 Å². The average molecular weight is 389 g/mol. The Morgan fingerprint density at radius 1 is 0.893 bits per heavy atom. The zero-order chi connectivity index (χ0) is 19.7. The lowest BCUT2D eigenvalue weighted by atomic mass is 10.2. The molecule has 0 saturated carbocycles. The summed E-state index contributed by atoms with van der Waals surface area (Å²) in [4.78, 5) is 16.3. The summed E-state index contributed by atoms with van der Waals surface area (Å²) in [5, 5.41) is 13.6. The number of rotatable bonds is 4. The van der Waals surface area contributed by atoms with E-state index in [1.54, 1.807) is 12.1 Å². The number of thiol groups is 1. The van der Waals surface area contributed by atoms with E-state index < -0.39 is 14.7 Å². The van der Waals surface area contributed by atoms with E-state index in [1.165, 1.54) is 12.1 Å². The van der Waals surface area contributed by atoms with Crippen LogP contribution in [0.4, 0.5) is 5.69 Å². The van der Waals surface area contributed by atoms with Crippen LogP contribution >= 0.6 is 0 Å². The molecule has 4 rings (SSSR count). The lowest BCUT2D eigenvalue weighted by molar-refractivity contribution is -0.384. The number of aryl methyl sites for hydroxylation is 1. The van der Waals surface area contributed by atoms with Gasteiger partial charge in [0.15, 0.2) is 0 Å². The van der Waals surface area contributed by atoms with Crippen molar-refractivity contribution in [3.8, 4) is 0 Å². The van der Waals surface area contributed by atoms with Crippen LogP contribution in [-0.4, -0.2) is 9.97 Å². The van der Waals surface area contributed by atoms with Gasteiger partial charge in [0.2, 0.25) is 0 Å². The van der Waals surface area contributed by atoms with Gasteiger partial charge in [0.25, 0.3) is 5.69 Å². The molecule has 0 aromatic heterocycles. The Morgan fingerprint density at radius 2 is 1.54 bits per heavy atom. The molecule has 1 aliphatic rings. The van der Waals surface area contributed by atoms with Crippen molar-refractivity contribution in [3.63, 3.8) is 0 Å². The highest BCUT2D eigenvalue weighted by Gasteiger charge is 2.28. The van der Waals surface area contributed by atoms with Gasteiger partial charge < -0.3 is 0 Å². The SMILES string of the molecule is Cc1ccc([SH]2(=N)C=C(c3ccccc3)N=C2c2ccc([N+](=O)[O-])cc2)cc1. The van der Waals surface area contributed by atoms with Crippen LogP contribution in [0.5, 0.6) is 0 Å². The van der Waals surface area contributed by atoms with Gasteiger partial charge >= 0.3 is 0 Å². The highest BCUT2D eigenvalue weighted by Crippen LogP contribution is 2.37. The predicted molar refractivity (Wildman–Crippen MR) is 115 cm³/mol. The molecule has 0 atom stereocenters. The molecule has 1 heterocycles. The number of nitrogens with one attached hydrogen (secondary N) is 1. The molecule has 0 bridgehead atoms. The Bertz CT molecular complexity index is 1150. The first kappa shape index (κ1) is 18.0. The van der Waals surface area contributed by atoms with Gasteiger partial charge in [-0.05, 0) is 36.6 Å². The first-order chi connectivity index (χ1) is 13.5. The number of nitrogens with zero attached hydrogens (tertiary/aromatic N) is 2. The van der Waals surface area contributed by atoms with Crippen molar-refractivity contribution < 1.29 is 4.92 Å². The third kappa shape index (κ3) is 3.18. The maximum Gasteiger partial charge on any atom is 0.269 e. The third-order valence-corrected chi connectivity index (χ3v) is 7.49. The normalized spacial score (nSPS) is 16.2. The first-order valence-electron chi connectivity index (χ1n) is 8.81. The van der Waals surface area contributed by atoms with E-state index in [0.717, 1.165) is 27.3 Å². The van der Waals surface area contributed by atoms with E-state index in [-0.39, 0.29) is 5.69 Å². The van der Waals surface area contributed by atoms with E-state index in [2.05, 4.69) is 0 Å². The van der Waals surface area contributed by atoms with Crippen molar-refractivity contribution in [2.45, 2.75) is 11.8 Å². The summed E-state index contributed by atoms with van der Waals surface area (Å²) in [5.41, 5.74) is 3.65. The minimum atomic E-state index is -2.62. The molecule has 0 radical (unpaired) electrons. The van der Waals surface area contributed by atoms with Gasteiger partial charge in [0, 0.05) is 28.2 Å². The molecule has 140 valence electrons. The Hall–Kier alpha value is -3.38. The second-order valence-corrected chi connectivity index (χ2v) is 9.32. The van der Waals surface area contributed by atoms with Crippen molar-refractivity contribution in [1.29, 1.82) is 4.78 Å². The third-order valence-electron chi connectivity index (χ3n) is 4.72. The topological polar surface area (TPSA) is 79.3 Å². The van der Waals surface area contributed by atoms with Crippen LogP contribution in [0.1, 0.15) is 16.7 Å². The number of nitro groups is 1. The van der Waals surface area contributed by atoms with Crippen molar-refractivity contribution in [1.82, 2.24) is 0 Å². The monoisotopic (exact) mass is 389 g/mol. The Labute approximate surface area is 164 Å². The zero-order valence-corrected chi connectivity index (χ0v) is 16.1. The van der Waals surface area contributed by atoms with Crippen molar-refractivity contribution >= 4 is 26.3 Å². The lowest BCUT2D eigenvalue weighted by Crippen LogP contribution is -2.18. The summed E-state index contributed by atoms with van der Waals surface area (Å²) in [6.07, 6.45) is 0. The molecule has 3 aromatic carbocycles. The number of non-ortho nitro benzene ring substituents is 1. The smallest absolute Gasteiger partial charge is 0.269 e. The van der Waals surface area contributed by atoms with E-state index in [9.17, 15) is 14.9 Å². The van der Waals surface area contributed by atoms with Crippen LogP contribution in [0.3, 0.4) is 0 Å². The number of benzene rings is 3. The van der Waals surface area contributed by atoms with Gasteiger partial charge in [-0.25, -0.2) is 4.99 Å². The molecule has 1 N–H and O–H groups in total. The Morgan fingerprint density at radius 3 is 2.14 bits per heavy atom. The van der Waals surface area contributed by atoms with Crippen LogP contribution in [0, 0.1) is 21.8 Å². The molecule has 0 spiro atoms. The Kier molecular flexibility index (Phi) is 4.49. The van der Waals surface area contributed by atoms with Gasteiger partial charge in [-0.3, -0.25) is 14.9 Å². The molecule has 0 saturated heterocycles. The molecule has 6 heteroatoms. The van der Waals surface area contributed by atoms with Crippen LogP contribution in [0.25, 0.3) is 5.70 Å². The standard InChI is InChI=1S/C22H19N3O2S/c1-16-7-13-20(14-8-16)28(23)15-21(17-5-3-2-4-6-17)24-22(28)18-9-11-19(12-10-18)25(26)27/h2-15,23,28H,1H3. The van der Waals surface area contributed by atoms with Gasteiger partial charge in [-0.15, -0.1) is 9.82 Å². The molecule has 0 unspecified atom stereocenters. The molecule has 28 heavy (non-hydrogen) atoms. The summed E-state index contributed by atoms with van der Waals surface area (Å²) in [6, 6.07) is 24.1. The molecule has 3 aromatic rings. The minimum absolute atomic E-state index is 0.0304. The highest BCUT2D eigenvalue weighted by atomic mass is 32.2. The fraction of sp³-hybridized carbons (Fsp3) is 0.0455. The molecule has 0 aliphatic carbocycles. The fourth-order valence-corrected chi connectivity index (χ4v) is 5.72. The molecular formula is C22H19N3O2S. The number of hydrogen-bond acceptors (Lipinski definition) is 4. The van der Waals surface area contributed by atoms with Gasteiger partial charge in [-0.1, -0.05) is 48.0 Å². The maximum absolute atomic E-state index is 11.0. The van der Waals surface area contributed by atoms with E-state index in [0.29, 0.717) is 5.04 Å². The van der Waals surface area contributed by atoms with Gasteiger partial charge in [0.05, 0.1) is 10.6 Å². The highest BCUT2D eigenvalue weighted by molar-refractivity contribution is 8.21. The zero-order valence-electron chi connectivity index (χ0n) is 15.2.